The number of ether oxygens (including phenoxy) is 1. The predicted octanol–water partition coefficient (Wildman–Crippen LogP) is 2.64. The van der Waals surface area contributed by atoms with Crippen LogP contribution in [0.4, 0.5) is 4.39 Å². The van der Waals surface area contributed by atoms with E-state index in [-0.39, 0.29) is 11.9 Å². The highest BCUT2D eigenvalue weighted by molar-refractivity contribution is 9.10. The molecule has 0 aromatic heterocycles. The first-order valence-corrected chi connectivity index (χ1v) is 6.15. The van der Waals surface area contributed by atoms with Gasteiger partial charge in [0, 0.05) is 16.6 Å². The Kier molecular flexibility index (Phi) is 3.33. The fraction of sp³-hybridized carbons (Fsp3) is 0.500. The van der Waals surface area contributed by atoms with Gasteiger partial charge in [0.15, 0.2) is 0 Å². The van der Waals surface area contributed by atoms with Crippen LogP contribution in [0, 0.1) is 5.82 Å². The Morgan fingerprint density at radius 3 is 3.00 bits per heavy atom. The highest BCUT2D eigenvalue weighted by Gasteiger charge is 2.38. The van der Waals surface area contributed by atoms with Gasteiger partial charge >= 0.3 is 0 Å². The van der Waals surface area contributed by atoms with Gasteiger partial charge in [-0.05, 0) is 43.5 Å². The Labute approximate surface area is 103 Å². The lowest BCUT2D eigenvalue weighted by atomic mass is 9.86. The zero-order valence-electron chi connectivity index (χ0n) is 9.17. The molecule has 1 heterocycles. The van der Waals surface area contributed by atoms with E-state index in [9.17, 15) is 4.39 Å². The average molecular weight is 288 g/mol. The molecule has 0 bridgehead atoms. The molecule has 0 radical (unpaired) electrons. The number of halogens is 2. The molecule has 1 aliphatic rings. The van der Waals surface area contributed by atoms with Crippen LogP contribution < -0.4 is 5.73 Å². The lowest BCUT2D eigenvalue weighted by Gasteiger charge is -2.27. The summed E-state index contributed by atoms with van der Waals surface area (Å²) in [6, 6.07) is 4.94. The number of nitrogens with two attached hydrogens (primary N) is 1. The molecule has 1 saturated heterocycles. The summed E-state index contributed by atoms with van der Waals surface area (Å²) >= 11 is 3.34. The zero-order valence-corrected chi connectivity index (χ0v) is 10.8. The van der Waals surface area contributed by atoms with E-state index in [1.54, 1.807) is 12.1 Å². The van der Waals surface area contributed by atoms with Crippen molar-refractivity contribution in [2.75, 3.05) is 6.61 Å². The topological polar surface area (TPSA) is 35.2 Å². The van der Waals surface area contributed by atoms with Gasteiger partial charge in [0.05, 0.1) is 6.10 Å². The first kappa shape index (κ1) is 12.0. The molecule has 2 atom stereocenters. The minimum Gasteiger partial charge on any atom is -0.377 e. The molecule has 2 nitrogen and oxygen atoms in total. The Morgan fingerprint density at radius 1 is 1.62 bits per heavy atom. The molecule has 1 fully saturated rings. The van der Waals surface area contributed by atoms with Crippen molar-refractivity contribution < 1.29 is 9.13 Å². The molecule has 0 spiro atoms. The van der Waals surface area contributed by atoms with Crippen molar-refractivity contribution >= 4 is 15.9 Å². The van der Waals surface area contributed by atoms with E-state index in [4.69, 9.17) is 10.5 Å². The second-order valence-corrected chi connectivity index (χ2v) is 5.32. The summed E-state index contributed by atoms with van der Waals surface area (Å²) in [6.07, 6.45) is 1.27. The Balaban J connectivity index is 2.23. The van der Waals surface area contributed by atoms with Gasteiger partial charge in [0.2, 0.25) is 0 Å². The second kappa shape index (κ2) is 4.43. The average Bonchev–Trinajstić information content (AvgIpc) is 2.53. The fourth-order valence-electron chi connectivity index (χ4n) is 2.06. The molecular weight excluding hydrogens is 273 g/mol. The Hall–Kier alpha value is -0.450. The largest absolute Gasteiger partial charge is 0.377 e. The molecule has 0 aliphatic carbocycles. The monoisotopic (exact) mass is 287 g/mol. The van der Waals surface area contributed by atoms with E-state index in [2.05, 4.69) is 15.9 Å². The van der Waals surface area contributed by atoms with Crippen LogP contribution in [0.3, 0.4) is 0 Å². The highest BCUT2D eigenvalue weighted by atomic mass is 79.9. The summed E-state index contributed by atoms with van der Waals surface area (Å²) in [4.78, 5) is 0. The van der Waals surface area contributed by atoms with Crippen LogP contribution in [-0.4, -0.2) is 18.2 Å². The van der Waals surface area contributed by atoms with Gasteiger partial charge in [-0.1, -0.05) is 15.9 Å². The molecule has 2 N–H and O–H groups in total. The molecular formula is C12H15BrFNO. The molecule has 0 amide bonds. The van der Waals surface area contributed by atoms with Crippen molar-refractivity contribution in [1.82, 2.24) is 0 Å². The highest BCUT2D eigenvalue weighted by Crippen LogP contribution is 2.29. The maximum Gasteiger partial charge on any atom is 0.126 e. The molecule has 1 aromatic rings. The van der Waals surface area contributed by atoms with Crippen molar-refractivity contribution in [3.05, 3.63) is 34.1 Å². The summed E-state index contributed by atoms with van der Waals surface area (Å²) in [5.74, 6) is -0.202. The van der Waals surface area contributed by atoms with E-state index in [1.165, 1.54) is 6.07 Å². The number of hydrogen-bond donors (Lipinski definition) is 1. The summed E-state index contributed by atoms with van der Waals surface area (Å²) in [5.41, 5.74) is 6.45. The second-order valence-electron chi connectivity index (χ2n) is 4.41. The van der Waals surface area contributed by atoms with E-state index in [0.29, 0.717) is 18.6 Å². The number of hydrogen-bond acceptors (Lipinski definition) is 2. The maximum absolute atomic E-state index is 13.6. The van der Waals surface area contributed by atoms with E-state index >= 15 is 0 Å². The van der Waals surface area contributed by atoms with Crippen LogP contribution in [0.1, 0.15) is 18.9 Å². The first-order chi connectivity index (χ1) is 7.51. The molecule has 88 valence electrons. The van der Waals surface area contributed by atoms with Crippen molar-refractivity contribution in [1.29, 1.82) is 0 Å². The smallest absolute Gasteiger partial charge is 0.126 e. The maximum atomic E-state index is 13.6. The Bertz CT molecular complexity index is 399. The van der Waals surface area contributed by atoms with Crippen molar-refractivity contribution in [3.8, 4) is 0 Å². The number of rotatable bonds is 2. The van der Waals surface area contributed by atoms with Gasteiger partial charge in [-0.25, -0.2) is 4.39 Å². The standard InChI is InChI=1S/C12H15BrFNO/c1-8-12(15,4-5-16-8)7-9-6-10(13)2-3-11(9)14/h2-3,6,8H,4-5,7,15H2,1H3. The minimum absolute atomic E-state index is 0.0223. The third-order valence-electron chi connectivity index (χ3n) is 3.27. The van der Waals surface area contributed by atoms with Crippen LogP contribution in [0.15, 0.2) is 22.7 Å². The predicted molar refractivity (Wildman–Crippen MR) is 64.8 cm³/mol. The third-order valence-corrected chi connectivity index (χ3v) is 3.77. The van der Waals surface area contributed by atoms with Gasteiger partial charge in [0.1, 0.15) is 5.82 Å². The summed E-state index contributed by atoms with van der Waals surface area (Å²) in [7, 11) is 0. The molecule has 16 heavy (non-hydrogen) atoms. The van der Waals surface area contributed by atoms with Crippen LogP contribution in [0.2, 0.25) is 0 Å². The lowest BCUT2D eigenvalue weighted by Crippen LogP contribution is -2.48. The van der Waals surface area contributed by atoms with E-state index < -0.39 is 5.54 Å². The molecule has 2 rings (SSSR count). The SMILES string of the molecule is CC1OCCC1(N)Cc1cc(Br)ccc1F. The normalized spacial score (nSPS) is 29.6. The van der Waals surface area contributed by atoms with Gasteiger partial charge in [-0.15, -0.1) is 0 Å². The van der Waals surface area contributed by atoms with Crippen molar-refractivity contribution in [3.63, 3.8) is 0 Å². The molecule has 2 unspecified atom stereocenters. The Morgan fingerprint density at radius 2 is 2.38 bits per heavy atom. The summed E-state index contributed by atoms with van der Waals surface area (Å²) in [6.45, 7) is 2.61. The van der Waals surface area contributed by atoms with Crippen molar-refractivity contribution in [2.24, 2.45) is 5.73 Å². The summed E-state index contributed by atoms with van der Waals surface area (Å²) in [5, 5.41) is 0. The quantitative estimate of drug-likeness (QED) is 0.908. The van der Waals surface area contributed by atoms with Crippen LogP contribution in [0.25, 0.3) is 0 Å². The molecule has 4 heteroatoms. The zero-order chi connectivity index (χ0) is 11.8. The minimum atomic E-state index is -0.443. The van der Waals surface area contributed by atoms with Gasteiger partial charge in [-0.2, -0.15) is 0 Å². The van der Waals surface area contributed by atoms with Crippen molar-refractivity contribution in [2.45, 2.75) is 31.4 Å². The van der Waals surface area contributed by atoms with Crippen LogP contribution in [0.5, 0.6) is 0 Å². The summed E-state index contributed by atoms with van der Waals surface area (Å²) < 4.78 is 19.9. The number of benzene rings is 1. The fourth-order valence-corrected chi connectivity index (χ4v) is 2.47. The van der Waals surface area contributed by atoms with Crippen LogP contribution in [-0.2, 0) is 11.2 Å². The first-order valence-electron chi connectivity index (χ1n) is 5.36. The molecule has 0 saturated carbocycles. The van der Waals surface area contributed by atoms with E-state index in [0.717, 1.165) is 10.9 Å². The van der Waals surface area contributed by atoms with Gasteiger partial charge < -0.3 is 10.5 Å². The van der Waals surface area contributed by atoms with Gasteiger partial charge in [-0.3, -0.25) is 0 Å². The van der Waals surface area contributed by atoms with Crippen LogP contribution >= 0.6 is 15.9 Å². The van der Waals surface area contributed by atoms with Gasteiger partial charge in [0.25, 0.3) is 0 Å². The lowest BCUT2D eigenvalue weighted by molar-refractivity contribution is 0.0953. The third kappa shape index (κ3) is 2.29. The van der Waals surface area contributed by atoms with E-state index in [1.807, 2.05) is 6.92 Å². The molecule has 1 aromatic carbocycles. The molecule has 1 aliphatic heterocycles.